The van der Waals surface area contributed by atoms with E-state index in [1.165, 1.54) is 5.57 Å². The number of hydrogen-bond acceptors (Lipinski definition) is 2. The van der Waals surface area contributed by atoms with E-state index in [0.29, 0.717) is 12.0 Å². The number of allylic oxidation sites excluding steroid dienone is 2. The predicted octanol–water partition coefficient (Wildman–Crippen LogP) is 3.29. The maximum atomic E-state index is 4.41. The Kier molecular flexibility index (Phi) is 4.29. The molecule has 0 saturated heterocycles. The summed E-state index contributed by atoms with van der Waals surface area (Å²) in [5.74, 6) is 0.695. The molecule has 2 atom stereocenters. The Morgan fingerprint density at radius 3 is 3.00 bits per heavy atom. The van der Waals surface area contributed by atoms with Crippen molar-refractivity contribution in [2.24, 2.45) is 10.9 Å². The SMILES string of the molecule is CS/C=N\C(C)C1=CC[C@@H](C)C=C1. The fraction of sp³-hybridized carbons (Fsp3) is 0.545. The van der Waals surface area contributed by atoms with Crippen LogP contribution in [0.25, 0.3) is 0 Å². The van der Waals surface area contributed by atoms with E-state index < -0.39 is 0 Å². The third-order valence-corrected chi connectivity index (χ3v) is 2.55. The minimum Gasteiger partial charge on any atom is -0.279 e. The van der Waals surface area contributed by atoms with Gasteiger partial charge in [-0.25, -0.2) is 0 Å². The van der Waals surface area contributed by atoms with Gasteiger partial charge in [0.25, 0.3) is 0 Å². The van der Waals surface area contributed by atoms with Crippen molar-refractivity contribution in [1.82, 2.24) is 0 Å². The standard InChI is InChI=1S/C11H17NS/c1-9-4-6-11(7-5-9)10(2)12-8-13-3/h4,6-10H,5H2,1-3H3/b12-8-/t9-,10?/m0/s1. The van der Waals surface area contributed by atoms with Crippen LogP contribution in [0.5, 0.6) is 0 Å². The molecule has 0 aromatic rings. The van der Waals surface area contributed by atoms with Crippen molar-refractivity contribution < 1.29 is 0 Å². The molecule has 0 amide bonds. The van der Waals surface area contributed by atoms with Gasteiger partial charge in [-0.2, -0.15) is 0 Å². The van der Waals surface area contributed by atoms with Crippen LogP contribution in [-0.2, 0) is 0 Å². The zero-order valence-electron chi connectivity index (χ0n) is 8.53. The van der Waals surface area contributed by atoms with E-state index in [1.807, 2.05) is 11.8 Å². The van der Waals surface area contributed by atoms with Crippen molar-refractivity contribution >= 4 is 17.3 Å². The summed E-state index contributed by atoms with van der Waals surface area (Å²) in [6, 6.07) is 0.316. The zero-order valence-corrected chi connectivity index (χ0v) is 9.34. The molecule has 0 N–H and O–H groups in total. The Labute approximate surface area is 85.0 Å². The summed E-state index contributed by atoms with van der Waals surface area (Å²) in [5, 5.41) is 0. The number of thioether (sulfide) groups is 1. The van der Waals surface area contributed by atoms with Gasteiger partial charge in [0, 0.05) is 0 Å². The molecule has 0 aromatic carbocycles. The van der Waals surface area contributed by atoms with Gasteiger partial charge in [-0.15, -0.1) is 11.8 Å². The lowest BCUT2D eigenvalue weighted by atomic mass is 9.95. The third-order valence-electron chi connectivity index (χ3n) is 2.21. The fourth-order valence-corrected chi connectivity index (χ4v) is 1.60. The van der Waals surface area contributed by atoms with E-state index in [2.05, 4.69) is 37.1 Å². The first-order valence-electron chi connectivity index (χ1n) is 4.66. The molecular weight excluding hydrogens is 178 g/mol. The minimum absolute atomic E-state index is 0.316. The molecule has 0 radical (unpaired) electrons. The Morgan fingerprint density at radius 1 is 1.69 bits per heavy atom. The van der Waals surface area contributed by atoms with Crippen LogP contribution in [-0.4, -0.2) is 17.8 Å². The molecule has 0 heterocycles. The number of nitrogens with zero attached hydrogens (tertiary/aromatic N) is 1. The molecule has 2 heteroatoms. The minimum atomic E-state index is 0.316. The van der Waals surface area contributed by atoms with Crippen LogP contribution in [0.4, 0.5) is 0 Å². The third kappa shape index (κ3) is 3.39. The Bertz CT molecular complexity index is 240. The highest BCUT2D eigenvalue weighted by atomic mass is 32.2. The maximum absolute atomic E-state index is 4.41. The lowest BCUT2D eigenvalue weighted by Crippen LogP contribution is -2.05. The van der Waals surface area contributed by atoms with Crippen LogP contribution >= 0.6 is 11.8 Å². The van der Waals surface area contributed by atoms with Gasteiger partial charge in [-0.05, 0) is 31.1 Å². The van der Waals surface area contributed by atoms with Crippen LogP contribution in [0.3, 0.4) is 0 Å². The van der Waals surface area contributed by atoms with Gasteiger partial charge in [-0.1, -0.05) is 25.2 Å². The van der Waals surface area contributed by atoms with Crippen molar-refractivity contribution in [2.75, 3.05) is 6.26 Å². The lowest BCUT2D eigenvalue weighted by Gasteiger charge is -2.14. The summed E-state index contributed by atoms with van der Waals surface area (Å²) in [6.07, 6.45) is 9.96. The fourth-order valence-electron chi connectivity index (χ4n) is 1.29. The summed E-state index contributed by atoms with van der Waals surface area (Å²) in [7, 11) is 0. The topological polar surface area (TPSA) is 12.4 Å². The first-order valence-corrected chi connectivity index (χ1v) is 5.95. The molecule has 0 saturated carbocycles. The predicted molar refractivity (Wildman–Crippen MR) is 62.5 cm³/mol. The largest absolute Gasteiger partial charge is 0.279 e. The van der Waals surface area contributed by atoms with Crippen molar-refractivity contribution in [3.8, 4) is 0 Å². The highest BCUT2D eigenvalue weighted by Crippen LogP contribution is 2.19. The van der Waals surface area contributed by atoms with Crippen LogP contribution < -0.4 is 0 Å². The quantitative estimate of drug-likeness (QED) is 0.497. The zero-order chi connectivity index (χ0) is 9.68. The van der Waals surface area contributed by atoms with Crippen LogP contribution in [0.2, 0.25) is 0 Å². The first-order chi connectivity index (χ1) is 6.24. The summed E-state index contributed by atoms with van der Waals surface area (Å²) < 4.78 is 0. The molecule has 0 aliphatic heterocycles. The average molecular weight is 195 g/mol. The van der Waals surface area contributed by atoms with E-state index >= 15 is 0 Å². The molecule has 1 nitrogen and oxygen atoms in total. The molecule has 72 valence electrons. The molecule has 1 unspecified atom stereocenters. The average Bonchev–Trinajstić information content (AvgIpc) is 2.15. The van der Waals surface area contributed by atoms with E-state index in [0.717, 1.165) is 6.42 Å². The van der Waals surface area contributed by atoms with Crippen molar-refractivity contribution in [1.29, 1.82) is 0 Å². The smallest absolute Gasteiger partial charge is 0.0723 e. The second kappa shape index (κ2) is 5.28. The number of rotatable bonds is 3. The Balaban J connectivity index is 2.53. The van der Waals surface area contributed by atoms with Crippen molar-refractivity contribution in [2.45, 2.75) is 26.3 Å². The molecule has 1 aliphatic carbocycles. The number of aliphatic imine (C=N–C) groups is 1. The lowest BCUT2D eigenvalue weighted by molar-refractivity contribution is 0.717. The summed E-state index contributed by atoms with van der Waals surface area (Å²) >= 11 is 1.65. The van der Waals surface area contributed by atoms with E-state index in [-0.39, 0.29) is 0 Å². The summed E-state index contributed by atoms with van der Waals surface area (Å²) in [5.41, 5.74) is 3.26. The number of hydrogen-bond donors (Lipinski definition) is 0. The van der Waals surface area contributed by atoms with Gasteiger partial charge >= 0.3 is 0 Å². The van der Waals surface area contributed by atoms with E-state index in [9.17, 15) is 0 Å². The van der Waals surface area contributed by atoms with Crippen LogP contribution in [0.1, 0.15) is 20.3 Å². The molecule has 0 spiro atoms. The van der Waals surface area contributed by atoms with Crippen molar-refractivity contribution in [3.05, 3.63) is 23.8 Å². The second-order valence-corrected chi connectivity index (χ2v) is 4.12. The van der Waals surface area contributed by atoms with Gasteiger partial charge in [0.15, 0.2) is 0 Å². The van der Waals surface area contributed by atoms with E-state index in [4.69, 9.17) is 0 Å². The first kappa shape index (κ1) is 10.6. The summed E-state index contributed by atoms with van der Waals surface area (Å²) in [6.45, 7) is 4.37. The van der Waals surface area contributed by atoms with Crippen LogP contribution in [0, 0.1) is 5.92 Å². The van der Waals surface area contributed by atoms with Gasteiger partial charge in [0.2, 0.25) is 0 Å². The van der Waals surface area contributed by atoms with Gasteiger partial charge in [0.1, 0.15) is 0 Å². The highest BCUT2D eigenvalue weighted by molar-refractivity contribution is 8.11. The maximum Gasteiger partial charge on any atom is 0.0723 e. The molecule has 1 rings (SSSR count). The molecule has 13 heavy (non-hydrogen) atoms. The van der Waals surface area contributed by atoms with E-state index in [1.54, 1.807) is 11.8 Å². The monoisotopic (exact) mass is 195 g/mol. The molecular formula is C11H17NS. The molecule has 0 bridgehead atoms. The van der Waals surface area contributed by atoms with Crippen LogP contribution in [0.15, 0.2) is 28.8 Å². The highest BCUT2D eigenvalue weighted by Gasteiger charge is 2.08. The van der Waals surface area contributed by atoms with Gasteiger partial charge in [0.05, 0.1) is 11.6 Å². The molecule has 0 fully saturated rings. The van der Waals surface area contributed by atoms with Gasteiger partial charge in [-0.3, -0.25) is 4.99 Å². The second-order valence-electron chi connectivity index (χ2n) is 3.44. The summed E-state index contributed by atoms with van der Waals surface area (Å²) in [4.78, 5) is 4.41. The molecule has 0 aromatic heterocycles. The van der Waals surface area contributed by atoms with Crippen molar-refractivity contribution in [3.63, 3.8) is 0 Å². The van der Waals surface area contributed by atoms with Gasteiger partial charge < -0.3 is 0 Å². The molecule has 1 aliphatic rings. The normalized spacial score (nSPS) is 24.8. The Hall–Kier alpha value is -0.500. The Morgan fingerprint density at radius 2 is 2.46 bits per heavy atom.